The van der Waals surface area contributed by atoms with Gasteiger partial charge in [-0.05, 0) is 54.8 Å². The normalized spacial score (nSPS) is 17.2. The standard InChI is InChI=1S/C28H29FN4O2S/c1-19(2)16-26(34)31-12-14-32(15-13-31)27(35)24(17-30)28-33(23-10-4-20(3)5-11-23)25(18-36-28)21-6-8-22(29)9-7-21/h4-11,18-19H,12-16H2,1-3H3/b28-24-. The van der Waals surface area contributed by atoms with Gasteiger partial charge in [0.15, 0.2) is 0 Å². The largest absolute Gasteiger partial charge is 0.339 e. The molecule has 2 aromatic carbocycles. The Morgan fingerprint density at radius 3 is 2.19 bits per heavy atom. The Hall–Kier alpha value is -3.57. The number of nitrogens with zero attached hydrogens (tertiary/aromatic N) is 4. The first kappa shape index (κ1) is 25.5. The van der Waals surface area contributed by atoms with E-state index in [1.54, 1.807) is 21.9 Å². The Kier molecular flexibility index (Phi) is 7.80. The molecule has 186 valence electrons. The average Bonchev–Trinajstić information content (AvgIpc) is 3.29. The molecule has 0 saturated carbocycles. The number of thioether (sulfide) groups is 1. The second-order valence-electron chi connectivity index (χ2n) is 9.36. The van der Waals surface area contributed by atoms with Gasteiger partial charge in [-0.3, -0.25) is 9.59 Å². The lowest BCUT2D eigenvalue weighted by Crippen LogP contribution is -2.51. The minimum Gasteiger partial charge on any atom is -0.339 e. The van der Waals surface area contributed by atoms with E-state index in [1.807, 2.05) is 55.3 Å². The van der Waals surface area contributed by atoms with E-state index in [0.717, 1.165) is 22.5 Å². The highest BCUT2D eigenvalue weighted by atomic mass is 32.2. The highest BCUT2D eigenvalue weighted by molar-refractivity contribution is 8.06. The number of rotatable bonds is 5. The number of anilines is 1. The molecule has 2 aliphatic heterocycles. The summed E-state index contributed by atoms with van der Waals surface area (Å²) in [6.45, 7) is 7.69. The number of carbonyl (C=O) groups excluding carboxylic acids is 2. The molecule has 1 fully saturated rings. The Labute approximate surface area is 215 Å². The molecule has 2 aliphatic rings. The van der Waals surface area contributed by atoms with E-state index in [0.29, 0.717) is 37.6 Å². The quantitative estimate of drug-likeness (QED) is 0.417. The zero-order valence-corrected chi connectivity index (χ0v) is 21.5. The van der Waals surface area contributed by atoms with Gasteiger partial charge in [0, 0.05) is 43.7 Å². The van der Waals surface area contributed by atoms with Crippen LogP contribution in [0.1, 0.15) is 31.4 Å². The van der Waals surface area contributed by atoms with Crippen molar-refractivity contribution in [3.8, 4) is 6.07 Å². The maximum atomic E-state index is 13.6. The molecule has 2 heterocycles. The predicted molar refractivity (Wildman–Crippen MR) is 141 cm³/mol. The van der Waals surface area contributed by atoms with Crippen LogP contribution in [0, 0.1) is 30.0 Å². The molecule has 1 saturated heterocycles. The summed E-state index contributed by atoms with van der Waals surface area (Å²) >= 11 is 1.31. The summed E-state index contributed by atoms with van der Waals surface area (Å²) in [5.41, 5.74) is 3.49. The lowest BCUT2D eigenvalue weighted by molar-refractivity contribution is -0.138. The molecular weight excluding hydrogens is 475 g/mol. The van der Waals surface area contributed by atoms with Crippen LogP contribution in [0.5, 0.6) is 0 Å². The van der Waals surface area contributed by atoms with Crippen LogP contribution in [-0.4, -0.2) is 47.8 Å². The van der Waals surface area contributed by atoms with Crippen molar-refractivity contribution in [2.75, 3.05) is 31.1 Å². The summed E-state index contributed by atoms with van der Waals surface area (Å²) in [6, 6.07) is 16.1. The minimum absolute atomic E-state index is 0.0518. The summed E-state index contributed by atoms with van der Waals surface area (Å²) in [5, 5.41) is 12.5. The van der Waals surface area contributed by atoms with Crippen molar-refractivity contribution in [1.29, 1.82) is 5.26 Å². The van der Waals surface area contributed by atoms with Gasteiger partial charge in [0.25, 0.3) is 5.91 Å². The first-order valence-corrected chi connectivity index (χ1v) is 12.9. The van der Waals surface area contributed by atoms with Crippen molar-refractivity contribution >= 4 is 35.0 Å². The second-order valence-corrected chi connectivity index (χ2v) is 10.2. The molecule has 0 aliphatic carbocycles. The minimum atomic E-state index is -0.346. The van der Waals surface area contributed by atoms with E-state index in [4.69, 9.17) is 0 Å². The maximum absolute atomic E-state index is 13.6. The topological polar surface area (TPSA) is 67.7 Å². The van der Waals surface area contributed by atoms with Gasteiger partial charge in [-0.25, -0.2) is 4.39 Å². The molecule has 0 aromatic heterocycles. The Morgan fingerprint density at radius 1 is 1.00 bits per heavy atom. The van der Waals surface area contributed by atoms with Crippen LogP contribution >= 0.6 is 11.8 Å². The van der Waals surface area contributed by atoms with Gasteiger partial charge >= 0.3 is 0 Å². The van der Waals surface area contributed by atoms with Crippen molar-refractivity contribution in [2.45, 2.75) is 27.2 Å². The molecule has 0 unspecified atom stereocenters. The summed E-state index contributed by atoms with van der Waals surface area (Å²) < 4.78 is 13.6. The van der Waals surface area contributed by atoms with Crippen molar-refractivity contribution in [3.05, 3.63) is 81.5 Å². The third-order valence-electron chi connectivity index (χ3n) is 6.20. The fraction of sp³-hybridized carbons (Fsp3) is 0.321. The van der Waals surface area contributed by atoms with Gasteiger partial charge in [0.1, 0.15) is 22.5 Å². The van der Waals surface area contributed by atoms with Gasteiger partial charge in [-0.1, -0.05) is 43.3 Å². The lowest BCUT2D eigenvalue weighted by atomic mass is 10.1. The fourth-order valence-corrected chi connectivity index (χ4v) is 5.27. The summed E-state index contributed by atoms with van der Waals surface area (Å²) in [7, 11) is 0. The molecule has 4 rings (SSSR count). The zero-order valence-electron chi connectivity index (χ0n) is 20.7. The monoisotopic (exact) mass is 504 g/mol. The number of hydrogen-bond acceptors (Lipinski definition) is 5. The van der Waals surface area contributed by atoms with Crippen LogP contribution in [0.2, 0.25) is 0 Å². The number of amides is 2. The molecule has 6 nitrogen and oxygen atoms in total. The number of hydrogen-bond donors (Lipinski definition) is 0. The van der Waals surface area contributed by atoms with E-state index in [-0.39, 0.29) is 29.1 Å². The van der Waals surface area contributed by atoms with Gasteiger partial charge in [0.2, 0.25) is 5.91 Å². The van der Waals surface area contributed by atoms with Crippen LogP contribution in [0.15, 0.2) is 64.5 Å². The van der Waals surface area contributed by atoms with Crippen molar-refractivity contribution in [2.24, 2.45) is 5.92 Å². The van der Waals surface area contributed by atoms with Gasteiger partial charge in [-0.15, -0.1) is 0 Å². The molecule has 0 atom stereocenters. The highest BCUT2D eigenvalue weighted by Gasteiger charge is 2.33. The van der Waals surface area contributed by atoms with Gasteiger partial charge < -0.3 is 14.7 Å². The van der Waals surface area contributed by atoms with Crippen molar-refractivity contribution < 1.29 is 14.0 Å². The number of piperazine rings is 1. The Bertz CT molecular complexity index is 1240. The maximum Gasteiger partial charge on any atom is 0.267 e. The predicted octanol–water partition coefficient (Wildman–Crippen LogP) is 5.14. The number of carbonyl (C=O) groups is 2. The van der Waals surface area contributed by atoms with E-state index in [1.165, 1.54) is 23.9 Å². The highest BCUT2D eigenvalue weighted by Crippen LogP contribution is 2.44. The van der Waals surface area contributed by atoms with Crippen LogP contribution in [0.3, 0.4) is 0 Å². The number of halogens is 1. The second kappa shape index (κ2) is 11.0. The van der Waals surface area contributed by atoms with Crippen molar-refractivity contribution in [1.82, 2.24) is 9.80 Å². The smallest absolute Gasteiger partial charge is 0.267 e. The van der Waals surface area contributed by atoms with Gasteiger partial charge in [-0.2, -0.15) is 5.26 Å². The molecule has 2 aromatic rings. The SMILES string of the molecule is Cc1ccc(N2C(c3ccc(F)cc3)=CS/C2=C(/C#N)C(=O)N2CCN(C(=O)CC(C)C)CC2)cc1. The Balaban J connectivity index is 1.62. The number of benzene rings is 2. The molecule has 36 heavy (non-hydrogen) atoms. The summed E-state index contributed by atoms with van der Waals surface area (Å²) in [5.74, 6) is -0.300. The van der Waals surface area contributed by atoms with E-state index in [9.17, 15) is 19.2 Å². The van der Waals surface area contributed by atoms with Crippen LogP contribution in [0.25, 0.3) is 5.70 Å². The van der Waals surface area contributed by atoms with Crippen LogP contribution in [0.4, 0.5) is 10.1 Å². The summed E-state index contributed by atoms with van der Waals surface area (Å²) in [4.78, 5) is 31.3. The molecule has 0 bridgehead atoms. The number of nitriles is 1. The first-order chi connectivity index (χ1) is 17.3. The molecule has 2 amide bonds. The number of aryl methyl sites for hydroxylation is 1. The zero-order chi connectivity index (χ0) is 25.8. The fourth-order valence-electron chi connectivity index (χ4n) is 4.25. The van der Waals surface area contributed by atoms with E-state index < -0.39 is 0 Å². The van der Waals surface area contributed by atoms with E-state index in [2.05, 4.69) is 6.07 Å². The molecule has 0 N–H and O–H groups in total. The third-order valence-corrected chi connectivity index (χ3v) is 7.15. The van der Waals surface area contributed by atoms with E-state index >= 15 is 0 Å². The summed E-state index contributed by atoms with van der Waals surface area (Å²) in [6.07, 6.45) is 0.488. The van der Waals surface area contributed by atoms with Crippen molar-refractivity contribution in [3.63, 3.8) is 0 Å². The van der Waals surface area contributed by atoms with Gasteiger partial charge in [0.05, 0.1) is 5.70 Å². The Morgan fingerprint density at radius 2 is 1.61 bits per heavy atom. The molecule has 0 radical (unpaired) electrons. The van der Waals surface area contributed by atoms with Crippen LogP contribution < -0.4 is 4.90 Å². The lowest BCUT2D eigenvalue weighted by Gasteiger charge is -2.35. The first-order valence-electron chi connectivity index (χ1n) is 12.0. The molecule has 0 spiro atoms. The third kappa shape index (κ3) is 5.47. The molecular formula is C28H29FN4O2S. The molecule has 8 heteroatoms. The van der Waals surface area contributed by atoms with Crippen LogP contribution in [-0.2, 0) is 9.59 Å². The average molecular weight is 505 g/mol.